The number of rotatable bonds is 7. The van der Waals surface area contributed by atoms with E-state index in [9.17, 15) is 0 Å². The first-order chi connectivity index (χ1) is 11.1. The molecule has 1 aliphatic heterocycles. The second kappa shape index (κ2) is 11.1. The molecule has 1 saturated heterocycles. The first kappa shape index (κ1) is 21.4. The van der Waals surface area contributed by atoms with Crippen LogP contribution in [0.3, 0.4) is 0 Å². The van der Waals surface area contributed by atoms with Crippen molar-refractivity contribution in [3.8, 4) is 0 Å². The summed E-state index contributed by atoms with van der Waals surface area (Å²) in [7, 11) is 4.02. The largest absolute Gasteiger partial charge is 0.357 e. The molecule has 24 heavy (non-hydrogen) atoms. The van der Waals surface area contributed by atoms with Gasteiger partial charge in [0.15, 0.2) is 11.1 Å². The number of thiazole rings is 1. The Bertz CT molecular complexity index is 505. The van der Waals surface area contributed by atoms with E-state index in [1.54, 1.807) is 11.3 Å². The molecule has 0 amide bonds. The van der Waals surface area contributed by atoms with Gasteiger partial charge in [0.05, 0.1) is 12.2 Å². The molecule has 2 rings (SSSR count). The maximum Gasteiger partial charge on any atom is 0.191 e. The average Bonchev–Trinajstić information content (AvgIpc) is 3.18. The number of nitrogens with one attached hydrogen (secondary N) is 2. The first-order valence-electron chi connectivity index (χ1n) is 8.52. The number of anilines is 1. The Labute approximate surface area is 167 Å². The van der Waals surface area contributed by atoms with Crippen LogP contribution in [0.4, 0.5) is 5.13 Å². The normalized spacial score (nSPS) is 18.3. The minimum absolute atomic E-state index is 0. The highest BCUT2D eigenvalue weighted by Crippen LogP contribution is 2.18. The minimum Gasteiger partial charge on any atom is -0.357 e. The van der Waals surface area contributed by atoms with Gasteiger partial charge in [-0.25, -0.2) is 9.98 Å². The second-order valence-corrected chi connectivity index (χ2v) is 6.85. The summed E-state index contributed by atoms with van der Waals surface area (Å²) in [6, 6.07) is 0.628. The molecule has 8 heteroatoms. The van der Waals surface area contributed by atoms with Crippen LogP contribution >= 0.6 is 35.3 Å². The van der Waals surface area contributed by atoms with E-state index in [1.165, 1.54) is 19.4 Å². The number of guanidine groups is 1. The van der Waals surface area contributed by atoms with Crippen molar-refractivity contribution in [3.63, 3.8) is 0 Å². The van der Waals surface area contributed by atoms with E-state index in [2.05, 4.69) is 44.7 Å². The van der Waals surface area contributed by atoms with Crippen LogP contribution in [0.1, 0.15) is 32.4 Å². The van der Waals surface area contributed by atoms with E-state index in [-0.39, 0.29) is 24.0 Å². The number of aromatic nitrogens is 1. The fourth-order valence-corrected chi connectivity index (χ4v) is 3.58. The van der Waals surface area contributed by atoms with Gasteiger partial charge in [0.1, 0.15) is 0 Å². The van der Waals surface area contributed by atoms with Crippen molar-refractivity contribution in [2.45, 2.75) is 39.3 Å². The minimum atomic E-state index is 0. The van der Waals surface area contributed by atoms with Gasteiger partial charge in [-0.1, -0.05) is 6.92 Å². The van der Waals surface area contributed by atoms with Crippen LogP contribution in [-0.4, -0.2) is 62.2 Å². The van der Waals surface area contributed by atoms with E-state index in [0.29, 0.717) is 12.6 Å². The number of hydrogen-bond acceptors (Lipinski definition) is 5. The van der Waals surface area contributed by atoms with Crippen molar-refractivity contribution >= 4 is 46.4 Å². The summed E-state index contributed by atoms with van der Waals surface area (Å²) in [6.07, 6.45) is 2.58. The topological polar surface area (TPSA) is 55.8 Å². The highest BCUT2D eigenvalue weighted by atomic mass is 127. The molecule has 0 bridgehead atoms. The lowest BCUT2D eigenvalue weighted by Crippen LogP contribution is -2.44. The summed E-state index contributed by atoms with van der Waals surface area (Å²) in [5, 5.41) is 9.92. The van der Waals surface area contributed by atoms with Gasteiger partial charge in [-0.05, 0) is 32.9 Å². The molecule has 1 aromatic heterocycles. The quantitative estimate of drug-likeness (QED) is 0.367. The molecule has 0 radical (unpaired) electrons. The molecule has 0 spiro atoms. The maximum atomic E-state index is 4.67. The van der Waals surface area contributed by atoms with Crippen molar-refractivity contribution in [3.05, 3.63) is 11.1 Å². The number of likely N-dealkylation sites (tertiary alicyclic amines) is 1. The molecule has 1 aromatic rings. The zero-order valence-corrected chi connectivity index (χ0v) is 18.4. The van der Waals surface area contributed by atoms with Crippen LogP contribution in [0.5, 0.6) is 0 Å². The van der Waals surface area contributed by atoms with Crippen molar-refractivity contribution < 1.29 is 0 Å². The van der Waals surface area contributed by atoms with Gasteiger partial charge in [-0.2, -0.15) is 0 Å². The number of hydrogen-bond donors (Lipinski definition) is 2. The Kier molecular flexibility index (Phi) is 9.91. The van der Waals surface area contributed by atoms with E-state index in [1.807, 2.05) is 19.0 Å². The smallest absolute Gasteiger partial charge is 0.191 e. The van der Waals surface area contributed by atoms with Crippen molar-refractivity contribution in [2.75, 3.05) is 45.2 Å². The Balaban J connectivity index is 0.00000288. The number of halogens is 1. The fraction of sp³-hybridized carbons (Fsp3) is 0.750. The molecule has 138 valence electrons. The third-order valence-corrected chi connectivity index (χ3v) is 5.13. The summed E-state index contributed by atoms with van der Waals surface area (Å²) in [4.78, 5) is 13.8. The lowest BCUT2D eigenvalue weighted by molar-refractivity contribution is 0.267. The van der Waals surface area contributed by atoms with Gasteiger partial charge in [0.2, 0.25) is 0 Å². The Morgan fingerprint density at radius 1 is 1.42 bits per heavy atom. The summed E-state index contributed by atoms with van der Waals surface area (Å²) in [5.41, 5.74) is 1.02. The molecule has 0 saturated carbocycles. The van der Waals surface area contributed by atoms with Gasteiger partial charge in [-0.15, -0.1) is 35.3 Å². The highest BCUT2D eigenvalue weighted by Gasteiger charge is 2.22. The van der Waals surface area contributed by atoms with Gasteiger partial charge >= 0.3 is 0 Å². The predicted molar refractivity (Wildman–Crippen MR) is 115 cm³/mol. The lowest BCUT2D eigenvalue weighted by atomic mass is 10.2. The lowest BCUT2D eigenvalue weighted by Gasteiger charge is -2.23. The van der Waals surface area contributed by atoms with E-state index >= 15 is 0 Å². The number of likely N-dealkylation sites (N-methyl/N-ethyl adjacent to an activating group) is 1. The molecule has 1 fully saturated rings. The van der Waals surface area contributed by atoms with Crippen LogP contribution < -0.4 is 15.5 Å². The number of nitrogens with zero attached hydrogens (tertiary/aromatic N) is 4. The summed E-state index contributed by atoms with van der Waals surface area (Å²) >= 11 is 1.66. The molecule has 1 unspecified atom stereocenters. The number of aliphatic imine (C=N–C) groups is 1. The van der Waals surface area contributed by atoms with Crippen LogP contribution in [0.2, 0.25) is 0 Å². The molecule has 0 aliphatic carbocycles. The fourth-order valence-electron chi connectivity index (χ4n) is 2.83. The van der Waals surface area contributed by atoms with Gasteiger partial charge in [0.25, 0.3) is 0 Å². The van der Waals surface area contributed by atoms with Crippen molar-refractivity contribution in [1.29, 1.82) is 0 Å². The van der Waals surface area contributed by atoms with Gasteiger partial charge in [0, 0.05) is 38.6 Å². The third-order valence-electron chi connectivity index (χ3n) is 4.08. The van der Waals surface area contributed by atoms with Gasteiger partial charge in [-0.3, -0.25) is 4.90 Å². The molecule has 1 atom stereocenters. The Hall–Kier alpha value is -0.610. The van der Waals surface area contributed by atoms with E-state index in [4.69, 9.17) is 0 Å². The Morgan fingerprint density at radius 3 is 2.83 bits per heavy atom. The molecule has 1 aliphatic rings. The third kappa shape index (κ3) is 6.36. The molecular formula is C16H31IN6S. The standard InChI is InChI=1S/C16H30N6S.HI/c1-5-17-15(19-11-14-8-7-9-22(14)6-2)18-10-13-12-23-16(20-13)21(3)4;/h12,14H,5-11H2,1-4H3,(H2,17,18,19);1H. The average molecular weight is 466 g/mol. The van der Waals surface area contributed by atoms with Gasteiger partial charge < -0.3 is 15.5 Å². The SMILES string of the molecule is CCNC(=NCc1csc(N(C)C)n1)NCC1CCCN1CC.I. The molecule has 2 N–H and O–H groups in total. The summed E-state index contributed by atoms with van der Waals surface area (Å²) in [5.74, 6) is 0.884. The van der Waals surface area contributed by atoms with E-state index in [0.717, 1.165) is 36.4 Å². The van der Waals surface area contributed by atoms with Crippen LogP contribution in [0.15, 0.2) is 10.4 Å². The molecule has 6 nitrogen and oxygen atoms in total. The monoisotopic (exact) mass is 466 g/mol. The van der Waals surface area contributed by atoms with E-state index < -0.39 is 0 Å². The summed E-state index contributed by atoms with van der Waals surface area (Å²) in [6.45, 7) is 9.13. The summed E-state index contributed by atoms with van der Waals surface area (Å²) < 4.78 is 0. The van der Waals surface area contributed by atoms with Crippen molar-refractivity contribution in [2.24, 2.45) is 4.99 Å². The maximum absolute atomic E-state index is 4.67. The van der Waals surface area contributed by atoms with Crippen LogP contribution in [0.25, 0.3) is 0 Å². The second-order valence-electron chi connectivity index (χ2n) is 6.02. The molecule has 0 aromatic carbocycles. The Morgan fingerprint density at radius 2 is 2.21 bits per heavy atom. The van der Waals surface area contributed by atoms with Crippen LogP contribution in [0, 0.1) is 0 Å². The van der Waals surface area contributed by atoms with Crippen molar-refractivity contribution in [1.82, 2.24) is 20.5 Å². The first-order valence-corrected chi connectivity index (χ1v) is 9.40. The molecular weight excluding hydrogens is 435 g/mol. The predicted octanol–water partition coefficient (Wildman–Crippen LogP) is 2.37. The highest BCUT2D eigenvalue weighted by molar-refractivity contribution is 14.0. The van der Waals surface area contributed by atoms with Crippen LogP contribution in [-0.2, 0) is 6.54 Å². The molecule has 2 heterocycles. The zero-order valence-electron chi connectivity index (χ0n) is 15.2. The zero-order chi connectivity index (χ0) is 16.7.